The maximum Gasteiger partial charge on any atom is 0.310 e. The molecule has 4 rings (SSSR count). The second-order valence-electron chi connectivity index (χ2n) is 10.7. The Kier molecular flexibility index (Phi) is 10.7. The van der Waals surface area contributed by atoms with Gasteiger partial charge in [0.2, 0.25) is 5.91 Å². The minimum atomic E-state index is -0.826. The lowest BCUT2D eigenvalue weighted by atomic mass is 9.90. The number of hydrogen-bond donors (Lipinski definition) is 1. The second kappa shape index (κ2) is 14.6. The van der Waals surface area contributed by atoms with E-state index in [4.69, 9.17) is 9.84 Å². The Bertz CT molecular complexity index is 1220. The molecule has 1 aliphatic heterocycles. The number of carbonyl (C=O) groups is 2. The van der Waals surface area contributed by atoms with Crippen LogP contribution in [0.2, 0.25) is 0 Å². The zero-order valence-corrected chi connectivity index (χ0v) is 23.7. The molecule has 0 radical (unpaired) electrons. The van der Waals surface area contributed by atoms with Crippen molar-refractivity contribution in [3.8, 4) is 28.3 Å². The quantitative estimate of drug-likeness (QED) is 0.216. The smallest absolute Gasteiger partial charge is 0.310 e. The number of carboxylic acid groups (broad SMARTS) is 1. The first-order chi connectivity index (χ1) is 19.5. The van der Waals surface area contributed by atoms with Gasteiger partial charge < -0.3 is 14.7 Å². The van der Waals surface area contributed by atoms with Gasteiger partial charge in [-0.25, -0.2) is 9.97 Å². The summed E-state index contributed by atoms with van der Waals surface area (Å²) in [5.41, 5.74) is 3.98. The van der Waals surface area contributed by atoms with Crippen molar-refractivity contribution >= 4 is 11.9 Å². The molecule has 1 saturated heterocycles. The molecule has 2 heterocycles. The molecule has 1 N–H and O–H groups in total. The summed E-state index contributed by atoms with van der Waals surface area (Å²) in [6, 6.07) is 16.1. The minimum absolute atomic E-state index is 0.0596. The van der Waals surface area contributed by atoms with Crippen molar-refractivity contribution in [1.29, 1.82) is 0 Å². The Morgan fingerprint density at radius 1 is 0.875 bits per heavy atom. The van der Waals surface area contributed by atoms with Crippen molar-refractivity contribution in [3.63, 3.8) is 0 Å². The number of carboxylic acids is 1. The predicted octanol–water partition coefficient (Wildman–Crippen LogP) is 6.66. The first-order valence-electron chi connectivity index (χ1n) is 14.6. The third-order valence-electron chi connectivity index (χ3n) is 7.58. The van der Waals surface area contributed by atoms with E-state index in [1.807, 2.05) is 60.9 Å². The van der Waals surface area contributed by atoms with E-state index in [1.54, 1.807) is 4.90 Å². The van der Waals surface area contributed by atoms with Gasteiger partial charge in [-0.05, 0) is 42.5 Å². The topological polar surface area (TPSA) is 92.6 Å². The van der Waals surface area contributed by atoms with Crippen LogP contribution in [0, 0.1) is 11.8 Å². The SMILES string of the molecule is CCCCCCCOc1ccc(-c2cnc(-c3ccc(CC(CCC)C(=O)N4CC(C(=O)O)C4)cc3)nc2)cc1. The van der Waals surface area contributed by atoms with Gasteiger partial charge in [0.15, 0.2) is 5.82 Å². The van der Waals surface area contributed by atoms with Crippen molar-refractivity contribution < 1.29 is 19.4 Å². The van der Waals surface area contributed by atoms with Crippen LogP contribution in [0.1, 0.15) is 64.4 Å². The van der Waals surface area contributed by atoms with Crippen molar-refractivity contribution in [3.05, 3.63) is 66.5 Å². The largest absolute Gasteiger partial charge is 0.494 e. The highest BCUT2D eigenvalue weighted by molar-refractivity contribution is 5.83. The summed E-state index contributed by atoms with van der Waals surface area (Å²) in [4.78, 5) is 34.9. The number of amides is 1. The highest BCUT2D eigenvalue weighted by Crippen LogP contribution is 2.26. The number of nitrogens with zero attached hydrogens (tertiary/aromatic N) is 3. The Morgan fingerprint density at radius 2 is 1.52 bits per heavy atom. The molecule has 3 aromatic rings. The predicted molar refractivity (Wildman–Crippen MR) is 157 cm³/mol. The molecule has 1 fully saturated rings. The van der Waals surface area contributed by atoms with Crippen LogP contribution in [0.5, 0.6) is 5.75 Å². The van der Waals surface area contributed by atoms with Gasteiger partial charge in [0, 0.05) is 42.5 Å². The Hall–Kier alpha value is -3.74. The molecule has 0 saturated carbocycles. The Labute approximate surface area is 237 Å². The highest BCUT2D eigenvalue weighted by atomic mass is 16.5. The standard InChI is InChI=1S/C33H41N3O4/c1-3-5-6-7-8-18-40-30-16-14-25(15-17-30)28-20-34-31(35-21-28)26-12-10-24(11-13-26)19-27(9-4-2)32(37)36-22-29(23-36)33(38)39/h10-17,20-21,27,29H,3-9,18-19,22-23H2,1-2H3,(H,38,39). The van der Waals surface area contributed by atoms with Crippen LogP contribution in [0.4, 0.5) is 0 Å². The van der Waals surface area contributed by atoms with Crippen LogP contribution in [-0.2, 0) is 16.0 Å². The van der Waals surface area contributed by atoms with E-state index in [2.05, 4.69) is 23.8 Å². The van der Waals surface area contributed by atoms with Crippen molar-refractivity contribution in [2.75, 3.05) is 19.7 Å². The maximum atomic E-state index is 12.9. The summed E-state index contributed by atoms with van der Waals surface area (Å²) in [5, 5.41) is 9.11. The zero-order chi connectivity index (χ0) is 28.3. The summed E-state index contributed by atoms with van der Waals surface area (Å²) in [6.07, 6.45) is 12.1. The summed E-state index contributed by atoms with van der Waals surface area (Å²) in [6.45, 7) is 5.68. The van der Waals surface area contributed by atoms with Gasteiger partial charge in [0.1, 0.15) is 5.75 Å². The van der Waals surface area contributed by atoms with Gasteiger partial charge in [0.05, 0.1) is 12.5 Å². The second-order valence-corrected chi connectivity index (χ2v) is 10.7. The van der Waals surface area contributed by atoms with Crippen LogP contribution in [0.25, 0.3) is 22.5 Å². The Balaban J connectivity index is 1.30. The van der Waals surface area contributed by atoms with E-state index in [-0.39, 0.29) is 11.8 Å². The number of likely N-dealkylation sites (tertiary alicyclic amines) is 1. The monoisotopic (exact) mass is 543 g/mol. The van der Waals surface area contributed by atoms with Crippen LogP contribution in [0.15, 0.2) is 60.9 Å². The summed E-state index contributed by atoms with van der Waals surface area (Å²) in [5.74, 6) is 0.204. The van der Waals surface area contributed by atoms with Crippen molar-refractivity contribution in [2.24, 2.45) is 11.8 Å². The number of aromatic nitrogens is 2. The molecule has 0 aliphatic carbocycles. The molecule has 1 amide bonds. The fourth-order valence-electron chi connectivity index (χ4n) is 5.07. The number of carbonyl (C=O) groups excluding carboxylic acids is 1. The van der Waals surface area contributed by atoms with E-state index in [9.17, 15) is 9.59 Å². The lowest BCUT2D eigenvalue weighted by molar-refractivity contribution is -0.154. The first kappa shape index (κ1) is 29.2. The lowest BCUT2D eigenvalue weighted by Gasteiger charge is -2.39. The average Bonchev–Trinajstić information content (AvgIpc) is 2.94. The van der Waals surface area contributed by atoms with Crippen LogP contribution in [-0.4, -0.2) is 51.5 Å². The van der Waals surface area contributed by atoms with Crippen molar-refractivity contribution in [2.45, 2.75) is 65.2 Å². The first-order valence-corrected chi connectivity index (χ1v) is 14.6. The third kappa shape index (κ3) is 7.90. The molecule has 1 unspecified atom stereocenters. The molecule has 7 nitrogen and oxygen atoms in total. The van der Waals surface area contributed by atoms with Crippen LogP contribution < -0.4 is 4.74 Å². The van der Waals surface area contributed by atoms with E-state index < -0.39 is 11.9 Å². The molecular formula is C33H41N3O4. The molecule has 212 valence electrons. The number of unbranched alkanes of at least 4 members (excludes halogenated alkanes) is 4. The third-order valence-corrected chi connectivity index (χ3v) is 7.58. The summed E-state index contributed by atoms with van der Waals surface area (Å²) in [7, 11) is 0. The normalized spacial score (nSPS) is 14.0. The minimum Gasteiger partial charge on any atom is -0.494 e. The van der Waals surface area contributed by atoms with Crippen LogP contribution in [0.3, 0.4) is 0 Å². The van der Waals surface area contributed by atoms with Gasteiger partial charge in [-0.3, -0.25) is 9.59 Å². The number of hydrogen-bond acceptors (Lipinski definition) is 5. The van der Waals surface area contributed by atoms with Gasteiger partial charge >= 0.3 is 5.97 Å². The number of aliphatic carboxylic acids is 1. The number of ether oxygens (including phenoxy) is 1. The fraction of sp³-hybridized carbons (Fsp3) is 0.455. The molecule has 0 spiro atoms. The van der Waals surface area contributed by atoms with Crippen LogP contribution >= 0.6 is 0 Å². The molecule has 1 aliphatic rings. The molecule has 1 atom stereocenters. The van der Waals surface area contributed by atoms with Gasteiger partial charge in [-0.2, -0.15) is 0 Å². The van der Waals surface area contributed by atoms with E-state index in [0.29, 0.717) is 25.3 Å². The molecule has 40 heavy (non-hydrogen) atoms. The molecule has 1 aromatic heterocycles. The molecule has 2 aromatic carbocycles. The van der Waals surface area contributed by atoms with Gasteiger partial charge in [-0.1, -0.05) is 82.3 Å². The Morgan fingerprint density at radius 3 is 2.15 bits per heavy atom. The fourth-order valence-corrected chi connectivity index (χ4v) is 5.07. The summed E-state index contributed by atoms with van der Waals surface area (Å²) >= 11 is 0. The zero-order valence-electron chi connectivity index (χ0n) is 23.7. The van der Waals surface area contributed by atoms with Gasteiger partial charge in [0.25, 0.3) is 0 Å². The summed E-state index contributed by atoms with van der Waals surface area (Å²) < 4.78 is 5.87. The highest BCUT2D eigenvalue weighted by Gasteiger charge is 2.37. The van der Waals surface area contributed by atoms with E-state index in [0.717, 1.165) is 53.9 Å². The molecular weight excluding hydrogens is 502 g/mol. The number of benzene rings is 2. The number of rotatable bonds is 15. The van der Waals surface area contributed by atoms with Gasteiger partial charge in [-0.15, -0.1) is 0 Å². The average molecular weight is 544 g/mol. The molecule has 7 heteroatoms. The molecule has 0 bridgehead atoms. The maximum absolute atomic E-state index is 12.9. The van der Waals surface area contributed by atoms with Crippen molar-refractivity contribution in [1.82, 2.24) is 14.9 Å². The van der Waals surface area contributed by atoms with E-state index >= 15 is 0 Å². The van der Waals surface area contributed by atoms with E-state index in [1.165, 1.54) is 25.7 Å². The lowest BCUT2D eigenvalue weighted by Crippen LogP contribution is -2.54.